The predicted octanol–water partition coefficient (Wildman–Crippen LogP) is 2.10. The summed E-state index contributed by atoms with van der Waals surface area (Å²) < 4.78 is 18.9. The smallest absolute Gasteiger partial charge is 0.255 e. The molecule has 2 atom stereocenters. The van der Waals surface area contributed by atoms with E-state index in [-0.39, 0.29) is 55.7 Å². The van der Waals surface area contributed by atoms with Gasteiger partial charge in [-0.25, -0.2) is 4.39 Å². The van der Waals surface area contributed by atoms with Crippen LogP contribution >= 0.6 is 0 Å². The van der Waals surface area contributed by atoms with Crippen LogP contribution in [-0.2, 0) is 20.8 Å². The first-order valence-corrected chi connectivity index (χ1v) is 12.8. The van der Waals surface area contributed by atoms with Gasteiger partial charge in [-0.3, -0.25) is 19.2 Å². The second-order valence-electron chi connectivity index (χ2n) is 9.62. The molecule has 10 heteroatoms. The maximum absolute atomic E-state index is 13.1. The van der Waals surface area contributed by atoms with E-state index in [0.717, 1.165) is 5.56 Å². The topological polar surface area (TPSA) is 126 Å². The number of halogens is 1. The van der Waals surface area contributed by atoms with Gasteiger partial charge in [0.2, 0.25) is 17.7 Å². The lowest BCUT2D eigenvalue weighted by atomic mass is 10.0. The average Bonchev–Trinajstić information content (AvgIpc) is 2.89. The number of ether oxygens (including phenoxy) is 1. The van der Waals surface area contributed by atoms with Crippen LogP contribution in [0.2, 0.25) is 0 Å². The Kier molecular flexibility index (Phi) is 10.6. The Labute approximate surface area is 221 Å². The number of benzene rings is 2. The molecule has 0 saturated heterocycles. The summed E-state index contributed by atoms with van der Waals surface area (Å²) in [5.74, 6) is -1.54. The van der Waals surface area contributed by atoms with Crippen molar-refractivity contribution in [1.82, 2.24) is 21.3 Å². The number of carbonyl (C=O) groups is 4. The molecule has 0 saturated carbocycles. The van der Waals surface area contributed by atoms with Crippen molar-refractivity contribution in [3.05, 3.63) is 65.5 Å². The molecule has 204 valence electrons. The fraction of sp³-hybridized carbons (Fsp3) is 0.429. The summed E-state index contributed by atoms with van der Waals surface area (Å²) in [5.41, 5.74) is 1.08. The summed E-state index contributed by atoms with van der Waals surface area (Å²) >= 11 is 0. The van der Waals surface area contributed by atoms with Gasteiger partial charge in [0.1, 0.15) is 30.3 Å². The minimum absolute atomic E-state index is 0.0268. The van der Waals surface area contributed by atoms with Crippen molar-refractivity contribution in [3.8, 4) is 5.75 Å². The summed E-state index contributed by atoms with van der Waals surface area (Å²) in [6, 6.07) is 10.9. The first kappa shape index (κ1) is 28.6. The summed E-state index contributed by atoms with van der Waals surface area (Å²) in [4.78, 5) is 51.6. The van der Waals surface area contributed by atoms with Gasteiger partial charge in [0.25, 0.3) is 5.91 Å². The highest BCUT2D eigenvalue weighted by molar-refractivity contribution is 5.99. The third kappa shape index (κ3) is 8.86. The maximum atomic E-state index is 13.1. The third-order valence-electron chi connectivity index (χ3n) is 6.06. The van der Waals surface area contributed by atoms with Crippen LogP contribution in [-0.4, -0.2) is 55.4 Å². The molecule has 4 amide bonds. The van der Waals surface area contributed by atoms with E-state index in [2.05, 4.69) is 21.3 Å². The van der Waals surface area contributed by atoms with Crippen molar-refractivity contribution in [2.75, 3.05) is 19.7 Å². The van der Waals surface area contributed by atoms with E-state index in [1.165, 1.54) is 12.1 Å². The fourth-order valence-electron chi connectivity index (χ4n) is 4.09. The molecule has 0 radical (unpaired) electrons. The molecule has 2 aromatic rings. The molecule has 0 aliphatic carbocycles. The molecule has 0 aromatic heterocycles. The maximum Gasteiger partial charge on any atom is 0.255 e. The van der Waals surface area contributed by atoms with Gasteiger partial charge in [-0.15, -0.1) is 0 Å². The van der Waals surface area contributed by atoms with Crippen LogP contribution in [0.5, 0.6) is 5.75 Å². The van der Waals surface area contributed by atoms with Crippen LogP contribution in [0.3, 0.4) is 0 Å². The molecule has 9 nitrogen and oxygen atoms in total. The van der Waals surface area contributed by atoms with E-state index in [0.29, 0.717) is 18.6 Å². The van der Waals surface area contributed by atoms with Gasteiger partial charge >= 0.3 is 0 Å². The Morgan fingerprint density at radius 1 is 1.08 bits per heavy atom. The number of amides is 4. The molecule has 1 aliphatic rings. The third-order valence-corrected chi connectivity index (χ3v) is 6.06. The molecule has 0 spiro atoms. The van der Waals surface area contributed by atoms with Gasteiger partial charge in [-0.1, -0.05) is 38.1 Å². The predicted molar refractivity (Wildman–Crippen MR) is 140 cm³/mol. The van der Waals surface area contributed by atoms with Crippen LogP contribution in [0, 0.1) is 11.7 Å². The van der Waals surface area contributed by atoms with Gasteiger partial charge in [-0.05, 0) is 55.0 Å². The van der Waals surface area contributed by atoms with Crippen LogP contribution < -0.4 is 26.0 Å². The van der Waals surface area contributed by atoms with Crippen LogP contribution in [0.1, 0.15) is 49.0 Å². The van der Waals surface area contributed by atoms with Crippen molar-refractivity contribution in [2.45, 2.75) is 51.6 Å². The summed E-state index contributed by atoms with van der Waals surface area (Å²) in [5, 5.41) is 11.0. The number of para-hydroxylation sites is 1. The number of carbonyl (C=O) groups excluding carboxylic acids is 4. The van der Waals surface area contributed by atoms with Gasteiger partial charge in [0.15, 0.2) is 0 Å². The fourth-order valence-corrected chi connectivity index (χ4v) is 4.09. The van der Waals surface area contributed by atoms with Crippen molar-refractivity contribution in [2.24, 2.45) is 5.92 Å². The highest BCUT2D eigenvalue weighted by atomic mass is 19.1. The quantitative estimate of drug-likeness (QED) is 0.459. The second kappa shape index (κ2) is 14.1. The first-order valence-electron chi connectivity index (χ1n) is 12.8. The van der Waals surface area contributed by atoms with Gasteiger partial charge in [-0.2, -0.15) is 0 Å². The number of fused-ring (bicyclic) bond motifs is 1. The Hall–Kier alpha value is -3.95. The Bertz CT molecular complexity index is 1120. The molecule has 2 aromatic carbocycles. The summed E-state index contributed by atoms with van der Waals surface area (Å²) in [6.45, 7) is 4.48. The minimum Gasteiger partial charge on any atom is -0.491 e. The van der Waals surface area contributed by atoms with E-state index in [1.807, 2.05) is 13.8 Å². The highest BCUT2D eigenvalue weighted by Gasteiger charge is 2.26. The molecular formula is C28H35FN4O5. The molecule has 3 rings (SSSR count). The summed E-state index contributed by atoms with van der Waals surface area (Å²) in [7, 11) is 0. The van der Waals surface area contributed by atoms with Crippen LogP contribution in [0.25, 0.3) is 0 Å². The molecule has 4 N–H and O–H groups in total. The molecule has 38 heavy (non-hydrogen) atoms. The Morgan fingerprint density at radius 2 is 1.82 bits per heavy atom. The largest absolute Gasteiger partial charge is 0.491 e. The van der Waals surface area contributed by atoms with Gasteiger partial charge < -0.3 is 26.0 Å². The highest BCUT2D eigenvalue weighted by Crippen LogP contribution is 2.18. The lowest BCUT2D eigenvalue weighted by Crippen LogP contribution is -2.49. The van der Waals surface area contributed by atoms with Crippen molar-refractivity contribution >= 4 is 23.6 Å². The van der Waals surface area contributed by atoms with Gasteiger partial charge in [0.05, 0.1) is 12.1 Å². The SMILES string of the molecule is CC(C)C[C@@H]1NC(=O)CC[C@@H](C(=O)NCCc2ccc(F)cc2)NC(=O)c2ccccc2OCCNC1=O. The van der Waals surface area contributed by atoms with Crippen LogP contribution in [0.4, 0.5) is 4.39 Å². The number of nitrogens with one attached hydrogen (secondary N) is 4. The minimum atomic E-state index is -1.00. The zero-order valence-corrected chi connectivity index (χ0v) is 21.7. The van der Waals surface area contributed by atoms with Gasteiger partial charge in [0, 0.05) is 13.0 Å². The van der Waals surface area contributed by atoms with E-state index in [9.17, 15) is 23.6 Å². The van der Waals surface area contributed by atoms with Crippen molar-refractivity contribution in [3.63, 3.8) is 0 Å². The Balaban J connectivity index is 1.75. The number of rotatable bonds is 6. The van der Waals surface area contributed by atoms with E-state index >= 15 is 0 Å². The molecule has 0 fully saturated rings. The summed E-state index contributed by atoms with van der Waals surface area (Å²) in [6.07, 6.45) is 0.872. The lowest BCUT2D eigenvalue weighted by molar-refractivity contribution is -0.130. The first-order chi connectivity index (χ1) is 18.2. The number of hydrogen-bond acceptors (Lipinski definition) is 5. The van der Waals surface area contributed by atoms with E-state index in [1.54, 1.807) is 36.4 Å². The zero-order valence-electron chi connectivity index (χ0n) is 21.7. The molecule has 1 heterocycles. The standard InChI is InChI=1S/C28H35FN4O5/c1-18(2)17-23-28(37)31-15-16-38-24-6-4-3-5-21(24)26(35)33-22(11-12-25(34)32-23)27(36)30-14-13-19-7-9-20(29)10-8-19/h3-10,18,22-23H,11-17H2,1-2H3,(H,30,36)(H,31,37)(H,32,34)(H,33,35)/t22-,23-/m0/s1. The molecule has 1 aliphatic heterocycles. The Morgan fingerprint density at radius 3 is 2.55 bits per heavy atom. The second-order valence-corrected chi connectivity index (χ2v) is 9.62. The van der Waals surface area contributed by atoms with Crippen LogP contribution in [0.15, 0.2) is 48.5 Å². The monoisotopic (exact) mass is 526 g/mol. The van der Waals surface area contributed by atoms with E-state index in [4.69, 9.17) is 4.74 Å². The number of hydrogen-bond donors (Lipinski definition) is 4. The zero-order chi connectivity index (χ0) is 27.5. The molecule has 0 unspecified atom stereocenters. The lowest BCUT2D eigenvalue weighted by Gasteiger charge is -2.21. The van der Waals surface area contributed by atoms with E-state index < -0.39 is 29.8 Å². The van der Waals surface area contributed by atoms with Crippen molar-refractivity contribution in [1.29, 1.82) is 0 Å². The van der Waals surface area contributed by atoms with Crippen molar-refractivity contribution < 1.29 is 28.3 Å². The average molecular weight is 527 g/mol. The normalized spacial score (nSPS) is 19.1. The molecular weight excluding hydrogens is 491 g/mol. The molecule has 0 bridgehead atoms.